The number of rotatable bonds is 4. The zero-order valence-corrected chi connectivity index (χ0v) is 8.49. The van der Waals surface area contributed by atoms with E-state index in [4.69, 9.17) is 9.52 Å². The van der Waals surface area contributed by atoms with Crippen LogP contribution in [0.1, 0.15) is 37.9 Å². The van der Waals surface area contributed by atoms with Crippen LogP contribution < -0.4 is 0 Å². The summed E-state index contributed by atoms with van der Waals surface area (Å²) in [7, 11) is 0. The van der Waals surface area contributed by atoms with Crippen LogP contribution in [-0.2, 0) is 0 Å². The molecule has 1 aromatic rings. The first kappa shape index (κ1) is 10.9. The molecule has 2 heteroatoms. The predicted molar refractivity (Wildman–Crippen MR) is 55.8 cm³/mol. The van der Waals surface area contributed by atoms with Crippen LogP contribution in [0, 0.1) is 11.8 Å². The van der Waals surface area contributed by atoms with Crippen LogP contribution in [0.2, 0.25) is 0 Å². The van der Waals surface area contributed by atoms with Gasteiger partial charge in [-0.15, -0.1) is 5.92 Å². The Labute approximate surface area is 84.9 Å². The second-order valence-corrected chi connectivity index (χ2v) is 3.18. The molecular weight excluding hydrogens is 176 g/mol. The fraction of sp³-hybridized carbons (Fsp3) is 0.500. The molecule has 1 aromatic heterocycles. The first-order chi connectivity index (χ1) is 6.88. The van der Waals surface area contributed by atoms with Gasteiger partial charge in [0.2, 0.25) is 0 Å². The van der Waals surface area contributed by atoms with Crippen molar-refractivity contribution >= 4 is 0 Å². The smallest absolute Gasteiger partial charge is 0.121 e. The topological polar surface area (TPSA) is 33.4 Å². The zero-order chi connectivity index (χ0) is 10.2. The molecule has 1 rings (SSSR count). The van der Waals surface area contributed by atoms with E-state index in [0.29, 0.717) is 0 Å². The van der Waals surface area contributed by atoms with Crippen LogP contribution in [-0.4, -0.2) is 11.7 Å². The van der Waals surface area contributed by atoms with Gasteiger partial charge in [-0.2, -0.15) is 0 Å². The third-order valence-corrected chi connectivity index (χ3v) is 2.00. The zero-order valence-electron chi connectivity index (χ0n) is 8.49. The Balaban J connectivity index is 2.50. The van der Waals surface area contributed by atoms with Gasteiger partial charge in [-0.1, -0.05) is 19.3 Å². The van der Waals surface area contributed by atoms with Gasteiger partial charge in [0.15, 0.2) is 0 Å². The Morgan fingerprint density at radius 2 is 2.43 bits per heavy atom. The summed E-state index contributed by atoms with van der Waals surface area (Å²) in [5.41, 5.74) is 0. The summed E-state index contributed by atoms with van der Waals surface area (Å²) in [5, 5.41) is 9.09. The highest BCUT2D eigenvalue weighted by Gasteiger charge is 2.08. The Morgan fingerprint density at radius 1 is 1.57 bits per heavy atom. The summed E-state index contributed by atoms with van der Waals surface area (Å²) in [5.74, 6) is 6.65. The number of aliphatic hydroxyl groups is 1. The number of hydrogen-bond acceptors (Lipinski definition) is 2. The van der Waals surface area contributed by atoms with Crippen molar-refractivity contribution in [1.29, 1.82) is 0 Å². The average molecular weight is 192 g/mol. The molecule has 0 spiro atoms. The maximum Gasteiger partial charge on any atom is 0.121 e. The Kier molecular flexibility index (Phi) is 4.88. The Hall–Kier alpha value is -1.20. The SMILES string of the molecule is CCCCC#CC(CO)c1ccco1. The van der Waals surface area contributed by atoms with Crippen LogP contribution in [0.3, 0.4) is 0 Å². The Bertz CT molecular complexity index is 290. The van der Waals surface area contributed by atoms with Crippen molar-refractivity contribution in [2.24, 2.45) is 0 Å². The average Bonchev–Trinajstić information content (AvgIpc) is 2.71. The van der Waals surface area contributed by atoms with E-state index < -0.39 is 0 Å². The van der Waals surface area contributed by atoms with Crippen molar-refractivity contribution < 1.29 is 9.52 Å². The van der Waals surface area contributed by atoms with Gasteiger partial charge in [-0.25, -0.2) is 0 Å². The fourth-order valence-electron chi connectivity index (χ4n) is 1.16. The highest BCUT2D eigenvalue weighted by molar-refractivity contribution is 5.19. The molecule has 0 aliphatic carbocycles. The van der Waals surface area contributed by atoms with E-state index in [0.717, 1.165) is 25.0 Å². The van der Waals surface area contributed by atoms with E-state index >= 15 is 0 Å². The summed E-state index contributed by atoms with van der Waals surface area (Å²) in [6.07, 6.45) is 4.77. The van der Waals surface area contributed by atoms with Gasteiger partial charge >= 0.3 is 0 Å². The van der Waals surface area contributed by atoms with Crippen LogP contribution in [0.5, 0.6) is 0 Å². The molecule has 2 nitrogen and oxygen atoms in total. The molecule has 1 N–H and O–H groups in total. The molecular formula is C12H16O2. The summed E-state index contributed by atoms with van der Waals surface area (Å²) < 4.78 is 5.18. The minimum absolute atomic E-state index is 0.0205. The van der Waals surface area contributed by atoms with E-state index in [-0.39, 0.29) is 12.5 Å². The lowest BCUT2D eigenvalue weighted by Crippen LogP contribution is -1.99. The van der Waals surface area contributed by atoms with Crippen LogP contribution in [0.4, 0.5) is 0 Å². The van der Waals surface area contributed by atoms with Gasteiger partial charge < -0.3 is 9.52 Å². The molecule has 1 unspecified atom stereocenters. The van der Waals surface area contributed by atoms with Crippen molar-refractivity contribution in [3.63, 3.8) is 0 Å². The number of unbranched alkanes of at least 4 members (excludes halogenated alkanes) is 2. The molecule has 0 radical (unpaired) electrons. The minimum Gasteiger partial charge on any atom is -0.468 e. The molecule has 0 bridgehead atoms. The van der Waals surface area contributed by atoms with Gasteiger partial charge in [0.25, 0.3) is 0 Å². The second-order valence-electron chi connectivity index (χ2n) is 3.18. The first-order valence-electron chi connectivity index (χ1n) is 5.01. The highest BCUT2D eigenvalue weighted by Crippen LogP contribution is 2.14. The number of furan rings is 1. The monoisotopic (exact) mass is 192 g/mol. The molecule has 76 valence electrons. The largest absolute Gasteiger partial charge is 0.468 e. The fourth-order valence-corrected chi connectivity index (χ4v) is 1.16. The normalized spacial score (nSPS) is 11.9. The summed E-state index contributed by atoms with van der Waals surface area (Å²) in [4.78, 5) is 0. The van der Waals surface area contributed by atoms with Crippen molar-refractivity contribution in [2.75, 3.05) is 6.61 Å². The lowest BCUT2D eigenvalue weighted by Gasteiger charge is -2.01. The molecule has 1 heterocycles. The van der Waals surface area contributed by atoms with E-state index in [1.54, 1.807) is 6.26 Å². The van der Waals surface area contributed by atoms with Crippen LogP contribution in [0.25, 0.3) is 0 Å². The summed E-state index contributed by atoms with van der Waals surface area (Å²) in [6.45, 7) is 2.16. The molecule has 1 atom stereocenters. The highest BCUT2D eigenvalue weighted by atomic mass is 16.3. The van der Waals surface area contributed by atoms with E-state index in [1.165, 1.54) is 0 Å². The molecule has 0 aromatic carbocycles. The van der Waals surface area contributed by atoms with Crippen molar-refractivity contribution in [2.45, 2.75) is 32.1 Å². The minimum atomic E-state index is -0.165. The molecule has 0 amide bonds. The van der Waals surface area contributed by atoms with Gasteiger partial charge in [0.05, 0.1) is 12.9 Å². The van der Waals surface area contributed by atoms with E-state index in [2.05, 4.69) is 18.8 Å². The molecule has 0 fully saturated rings. The molecule has 0 aliphatic heterocycles. The lowest BCUT2D eigenvalue weighted by molar-refractivity contribution is 0.273. The van der Waals surface area contributed by atoms with Gasteiger partial charge in [0, 0.05) is 6.42 Å². The van der Waals surface area contributed by atoms with Gasteiger partial charge in [-0.3, -0.25) is 0 Å². The molecule has 0 saturated heterocycles. The quantitative estimate of drug-likeness (QED) is 0.587. The summed E-state index contributed by atoms with van der Waals surface area (Å²) >= 11 is 0. The lowest BCUT2D eigenvalue weighted by atomic mass is 10.1. The van der Waals surface area contributed by atoms with E-state index in [9.17, 15) is 0 Å². The summed E-state index contributed by atoms with van der Waals surface area (Å²) in [6, 6.07) is 3.65. The molecule has 0 aliphatic rings. The predicted octanol–water partition coefficient (Wildman–Crippen LogP) is 2.55. The maximum atomic E-state index is 9.09. The molecule has 0 saturated carbocycles. The first-order valence-corrected chi connectivity index (χ1v) is 5.01. The molecule has 14 heavy (non-hydrogen) atoms. The third-order valence-electron chi connectivity index (χ3n) is 2.00. The van der Waals surface area contributed by atoms with Crippen molar-refractivity contribution in [3.05, 3.63) is 24.2 Å². The van der Waals surface area contributed by atoms with E-state index in [1.807, 2.05) is 12.1 Å². The van der Waals surface area contributed by atoms with Crippen molar-refractivity contribution in [1.82, 2.24) is 0 Å². The van der Waals surface area contributed by atoms with Gasteiger partial charge in [-0.05, 0) is 18.6 Å². The standard InChI is InChI=1S/C12H16O2/c1-2-3-4-5-7-11(10-13)12-8-6-9-14-12/h6,8-9,11,13H,2-4,10H2,1H3. The maximum absolute atomic E-state index is 9.09. The Morgan fingerprint density at radius 3 is 3.00 bits per heavy atom. The number of aliphatic hydroxyl groups excluding tert-OH is 1. The second kappa shape index (κ2) is 6.28. The third kappa shape index (κ3) is 3.27. The van der Waals surface area contributed by atoms with Crippen LogP contribution >= 0.6 is 0 Å². The van der Waals surface area contributed by atoms with Crippen molar-refractivity contribution in [3.8, 4) is 11.8 Å². The van der Waals surface area contributed by atoms with Crippen LogP contribution in [0.15, 0.2) is 22.8 Å². The number of hydrogen-bond donors (Lipinski definition) is 1. The van der Waals surface area contributed by atoms with Gasteiger partial charge in [0.1, 0.15) is 11.7 Å².